The minimum absolute atomic E-state index is 0.161. The van der Waals surface area contributed by atoms with Gasteiger partial charge >= 0.3 is 0 Å². The molecule has 0 aromatic heterocycles. The van der Waals surface area contributed by atoms with Gasteiger partial charge in [0.05, 0.1) is 5.75 Å². The van der Waals surface area contributed by atoms with Gasteiger partial charge in [-0.15, -0.1) is 0 Å². The van der Waals surface area contributed by atoms with Gasteiger partial charge in [-0.1, -0.05) is 29.8 Å². The molecule has 1 aromatic carbocycles. The van der Waals surface area contributed by atoms with Gasteiger partial charge in [-0.25, -0.2) is 13.1 Å². The minimum atomic E-state index is -3.27. The van der Waals surface area contributed by atoms with E-state index >= 15 is 0 Å². The first-order valence-electron chi connectivity index (χ1n) is 7.46. The van der Waals surface area contributed by atoms with Crippen molar-refractivity contribution in [3.05, 3.63) is 34.9 Å². The van der Waals surface area contributed by atoms with Gasteiger partial charge in [-0.3, -0.25) is 0 Å². The van der Waals surface area contributed by atoms with Gasteiger partial charge in [0.1, 0.15) is 0 Å². The lowest BCUT2D eigenvalue weighted by molar-refractivity contribution is 0.560. The Morgan fingerprint density at radius 1 is 1.29 bits per heavy atom. The second kappa shape index (κ2) is 7.58. The fourth-order valence-corrected chi connectivity index (χ4v) is 3.90. The number of hydrogen-bond donors (Lipinski definition) is 2. The highest BCUT2D eigenvalue weighted by Gasteiger charge is 2.20. The fraction of sp³-hybridized carbons (Fsp3) is 0.600. The molecule has 21 heavy (non-hydrogen) atoms. The zero-order valence-electron chi connectivity index (χ0n) is 12.3. The van der Waals surface area contributed by atoms with Crippen LogP contribution in [-0.2, 0) is 10.0 Å². The predicted molar refractivity (Wildman–Crippen MR) is 87.0 cm³/mol. The molecule has 0 amide bonds. The normalized spacial score (nSPS) is 16.9. The molecule has 1 atom stereocenters. The Kier molecular flexibility index (Phi) is 6.05. The summed E-state index contributed by atoms with van der Waals surface area (Å²) in [6.45, 7) is 2.72. The first-order chi connectivity index (χ1) is 9.98. The van der Waals surface area contributed by atoms with Crippen LogP contribution < -0.4 is 10.0 Å². The number of hydrogen-bond acceptors (Lipinski definition) is 3. The number of nitrogens with one attached hydrogen (secondary N) is 2. The maximum atomic E-state index is 12.1. The van der Waals surface area contributed by atoms with Crippen LogP contribution in [0.25, 0.3) is 0 Å². The summed E-state index contributed by atoms with van der Waals surface area (Å²) in [6, 6.07) is 7.67. The lowest BCUT2D eigenvalue weighted by Gasteiger charge is -2.15. The number of halogens is 1. The van der Waals surface area contributed by atoms with Gasteiger partial charge in [0, 0.05) is 17.1 Å². The Balaban J connectivity index is 1.75. The standard InChI is InChI=1S/C15H23ClN2O2S/c1-12(14-6-2-3-7-15(14)16)18-21(19,20)11-5-4-10-17-13-8-9-13/h2-3,6-7,12-13,17-18H,4-5,8-11H2,1H3. The van der Waals surface area contributed by atoms with E-state index in [9.17, 15) is 8.42 Å². The molecular formula is C15H23ClN2O2S. The smallest absolute Gasteiger partial charge is 0.212 e. The Hall–Kier alpha value is -0.620. The summed E-state index contributed by atoms with van der Waals surface area (Å²) in [5, 5.41) is 3.97. The highest BCUT2D eigenvalue weighted by Crippen LogP contribution is 2.22. The highest BCUT2D eigenvalue weighted by molar-refractivity contribution is 7.89. The van der Waals surface area contributed by atoms with Crippen molar-refractivity contribution in [2.24, 2.45) is 0 Å². The second-order valence-corrected chi connectivity index (χ2v) is 7.90. The molecule has 2 rings (SSSR count). The zero-order chi connectivity index (χ0) is 15.3. The summed E-state index contributed by atoms with van der Waals surface area (Å²) in [5.41, 5.74) is 0.804. The Labute approximate surface area is 132 Å². The van der Waals surface area contributed by atoms with E-state index in [1.165, 1.54) is 12.8 Å². The summed E-state index contributed by atoms with van der Waals surface area (Å²) >= 11 is 6.09. The van der Waals surface area contributed by atoms with Crippen LogP contribution in [0.1, 0.15) is 44.2 Å². The largest absolute Gasteiger partial charge is 0.314 e. The fourth-order valence-electron chi connectivity index (χ4n) is 2.23. The third-order valence-electron chi connectivity index (χ3n) is 3.58. The summed E-state index contributed by atoms with van der Waals surface area (Å²) < 4.78 is 26.8. The van der Waals surface area contributed by atoms with E-state index in [0.717, 1.165) is 18.5 Å². The maximum Gasteiger partial charge on any atom is 0.212 e. The van der Waals surface area contributed by atoms with Crippen LogP contribution in [-0.4, -0.2) is 26.8 Å². The average molecular weight is 331 g/mol. The highest BCUT2D eigenvalue weighted by atomic mass is 35.5. The van der Waals surface area contributed by atoms with Crippen LogP contribution in [0, 0.1) is 0 Å². The second-order valence-electron chi connectivity index (χ2n) is 5.62. The van der Waals surface area contributed by atoms with Gasteiger partial charge in [0.2, 0.25) is 10.0 Å². The lowest BCUT2D eigenvalue weighted by atomic mass is 10.1. The lowest BCUT2D eigenvalue weighted by Crippen LogP contribution is -2.29. The van der Waals surface area contributed by atoms with Crippen molar-refractivity contribution < 1.29 is 8.42 Å². The molecule has 0 aliphatic heterocycles. The molecular weight excluding hydrogens is 308 g/mol. The maximum absolute atomic E-state index is 12.1. The van der Waals surface area contributed by atoms with Crippen molar-refractivity contribution in [3.63, 3.8) is 0 Å². The molecule has 0 heterocycles. The predicted octanol–water partition coefficient (Wildman–Crippen LogP) is 2.85. The molecule has 118 valence electrons. The van der Waals surface area contributed by atoms with Crippen LogP contribution in [0.3, 0.4) is 0 Å². The first kappa shape index (κ1) is 16.7. The van der Waals surface area contributed by atoms with E-state index < -0.39 is 10.0 Å². The van der Waals surface area contributed by atoms with Gasteiger partial charge < -0.3 is 5.32 Å². The molecule has 0 saturated heterocycles. The van der Waals surface area contributed by atoms with Gasteiger partial charge in [-0.2, -0.15) is 0 Å². The molecule has 0 bridgehead atoms. The zero-order valence-corrected chi connectivity index (χ0v) is 13.9. The Bertz CT molecular complexity index is 559. The molecule has 1 aromatic rings. The summed E-state index contributed by atoms with van der Waals surface area (Å²) in [7, 11) is -3.27. The molecule has 1 aliphatic carbocycles. The van der Waals surface area contributed by atoms with Gasteiger partial charge in [0.25, 0.3) is 0 Å². The van der Waals surface area contributed by atoms with Crippen LogP contribution in [0.5, 0.6) is 0 Å². The SMILES string of the molecule is CC(NS(=O)(=O)CCCCNC1CC1)c1ccccc1Cl. The quantitative estimate of drug-likeness (QED) is 0.684. The third kappa shape index (κ3) is 5.94. The average Bonchev–Trinajstić information content (AvgIpc) is 3.22. The van der Waals surface area contributed by atoms with Crippen molar-refractivity contribution in [2.75, 3.05) is 12.3 Å². The topological polar surface area (TPSA) is 58.2 Å². The van der Waals surface area contributed by atoms with Crippen molar-refractivity contribution >= 4 is 21.6 Å². The van der Waals surface area contributed by atoms with Crippen molar-refractivity contribution in [3.8, 4) is 0 Å². The van der Waals surface area contributed by atoms with Crippen LogP contribution in [0.15, 0.2) is 24.3 Å². The third-order valence-corrected chi connectivity index (χ3v) is 5.46. The first-order valence-corrected chi connectivity index (χ1v) is 9.49. The van der Waals surface area contributed by atoms with Crippen molar-refractivity contribution in [1.29, 1.82) is 0 Å². The Morgan fingerprint density at radius 3 is 2.67 bits per heavy atom. The van der Waals surface area contributed by atoms with E-state index in [1.807, 2.05) is 25.1 Å². The molecule has 1 aliphatic rings. The Morgan fingerprint density at radius 2 is 2.00 bits per heavy atom. The molecule has 1 fully saturated rings. The van der Waals surface area contributed by atoms with Crippen LogP contribution in [0.2, 0.25) is 5.02 Å². The molecule has 1 saturated carbocycles. The van der Waals surface area contributed by atoms with Gasteiger partial charge in [0.15, 0.2) is 0 Å². The van der Waals surface area contributed by atoms with Crippen LogP contribution >= 0.6 is 11.6 Å². The number of sulfonamides is 1. The molecule has 0 radical (unpaired) electrons. The van der Waals surface area contributed by atoms with Crippen LogP contribution in [0.4, 0.5) is 0 Å². The van der Waals surface area contributed by atoms with E-state index in [4.69, 9.17) is 11.6 Å². The minimum Gasteiger partial charge on any atom is -0.314 e. The van der Waals surface area contributed by atoms with E-state index in [1.54, 1.807) is 6.07 Å². The number of unbranched alkanes of at least 4 members (excludes halogenated alkanes) is 1. The number of rotatable bonds is 9. The van der Waals surface area contributed by atoms with Gasteiger partial charge in [-0.05, 0) is 50.8 Å². The molecule has 2 N–H and O–H groups in total. The van der Waals surface area contributed by atoms with Crippen molar-refractivity contribution in [2.45, 2.75) is 44.7 Å². The number of benzene rings is 1. The summed E-state index contributed by atoms with van der Waals surface area (Å²) in [4.78, 5) is 0. The monoisotopic (exact) mass is 330 g/mol. The van der Waals surface area contributed by atoms with E-state index in [0.29, 0.717) is 17.5 Å². The van der Waals surface area contributed by atoms with E-state index in [2.05, 4.69) is 10.0 Å². The molecule has 1 unspecified atom stereocenters. The molecule has 0 spiro atoms. The summed E-state index contributed by atoms with van der Waals surface area (Å²) in [6.07, 6.45) is 4.08. The van der Waals surface area contributed by atoms with E-state index in [-0.39, 0.29) is 11.8 Å². The summed E-state index contributed by atoms with van der Waals surface area (Å²) in [5.74, 6) is 0.161. The molecule has 4 nitrogen and oxygen atoms in total. The van der Waals surface area contributed by atoms with Crippen molar-refractivity contribution in [1.82, 2.24) is 10.0 Å². The molecule has 6 heteroatoms.